The molecule has 3 N–H and O–H groups in total. The Morgan fingerprint density at radius 1 is 1.35 bits per heavy atom. The van der Waals surface area contributed by atoms with E-state index in [1.165, 1.54) is 10.7 Å². The monoisotopic (exact) mass is 266 g/mol. The van der Waals surface area contributed by atoms with Crippen molar-refractivity contribution in [1.82, 2.24) is 9.03 Å². The van der Waals surface area contributed by atoms with Crippen molar-refractivity contribution in [2.45, 2.75) is 44.2 Å². The number of hydrogen-bond acceptors (Lipinski definition) is 4. The van der Waals surface area contributed by atoms with Crippen molar-refractivity contribution in [2.75, 3.05) is 20.2 Å². The van der Waals surface area contributed by atoms with Gasteiger partial charge in [0.15, 0.2) is 0 Å². The normalized spacial score (nSPS) is 20.7. The summed E-state index contributed by atoms with van der Waals surface area (Å²) in [5.74, 6) is 0. The van der Waals surface area contributed by atoms with Crippen LogP contribution in [-0.4, -0.2) is 55.3 Å². The van der Waals surface area contributed by atoms with Gasteiger partial charge in [0.1, 0.15) is 0 Å². The largest absolute Gasteiger partial charge is 0.394 e. The van der Waals surface area contributed by atoms with E-state index in [1.807, 2.05) is 0 Å². The van der Waals surface area contributed by atoms with Crippen molar-refractivity contribution < 1.29 is 18.6 Å². The van der Waals surface area contributed by atoms with Crippen LogP contribution in [0.25, 0.3) is 0 Å². The van der Waals surface area contributed by atoms with Crippen LogP contribution in [0, 0.1) is 0 Å². The summed E-state index contributed by atoms with van der Waals surface area (Å²) in [6.07, 6.45) is 4.01. The van der Waals surface area contributed by atoms with E-state index in [2.05, 4.69) is 4.72 Å². The molecule has 1 atom stereocenters. The number of nitrogens with one attached hydrogen (secondary N) is 1. The molecule has 17 heavy (non-hydrogen) atoms. The third kappa shape index (κ3) is 4.51. The maximum absolute atomic E-state index is 11.9. The summed E-state index contributed by atoms with van der Waals surface area (Å²) in [5, 5.41) is 17.7. The highest BCUT2D eigenvalue weighted by Gasteiger charge is 2.27. The first-order valence-electron chi connectivity index (χ1n) is 5.99. The van der Waals surface area contributed by atoms with Gasteiger partial charge in [-0.3, -0.25) is 0 Å². The molecule has 0 heterocycles. The SMILES string of the molecule is CN(C1CCCCC1)S(=O)(=O)NCC(O)CO. The zero-order valence-corrected chi connectivity index (χ0v) is 11.0. The minimum Gasteiger partial charge on any atom is -0.394 e. The van der Waals surface area contributed by atoms with E-state index in [0.29, 0.717) is 0 Å². The van der Waals surface area contributed by atoms with Gasteiger partial charge >= 0.3 is 0 Å². The molecule has 0 spiro atoms. The summed E-state index contributed by atoms with van der Waals surface area (Å²) >= 11 is 0. The first kappa shape index (κ1) is 14.8. The van der Waals surface area contributed by atoms with E-state index in [-0.39, 0.29) is 12.6 Å². The molecule has 1 aliphatic rings. The van der Waals surface area contributed by atoms with Gasteiger partial charge in [-0.2, -0.15) is 17.4 Å². The van der Waals surface area contributed by atoms with Crippen molar-refractivity contribution in [3.8, 4) is 0 Å². The second kappa shape index (κ2) is 6.65. The molecule has 1 saturated carbocycles. The van der Waals surface area contributed by atoms with E-state index in [0.717, 1.165) is 25.7 Å². The molecule has 7 heteroatoms. The van der Waals surface area contributed by atoms with Crippen LogP contribution in [0.3, 0.4) is 0 Å². The zero-order valence-electron chi connectivity index (χ0n) is 10.2. The molecular formula is C10H22N2O4S. The average molecular weight is 266 g/mol. The van der Waals surface area contributed by atoms with Crippen LogP contribution in [0.5, 0.6) is 0 Å². The molecule has 6 nitrogen and oxygen atoms in total. The second-order valence-corrected chi connectivity index (χ2v) is 6.31. The summed E-state index contributed by atoms with van der Waals surface area (Å²) < 4.78 is 27.4. The fourth-order valence-corrected chi connectivity index (χ4v) is 3.22. The first-order valence-corrected chi connectivity index (χ1v) is 7.43. The quantitative estimate of drug-likeness (QED) is 0.601. The minimum absolute atomic E-state index is 0.0486. The van der Waals surface area contributed by atoms with Crippen LogP contribution >= 0.6 is 0 Å². The zero-order chi connectivity index (χ0) is 12.9. The summed E-state index contributed by atoms with van der Waals surface area (Å²) in [6, 6.07) is 0.0486. The lowest BCUT2D eigenvalue weighted by molar-refractivity contribution is 0.0983. The van der Waals surface area contributed by atoms with Crippen molar-refractivity contribution in [3.63, 3.8) is 0 Å². The molecule has 0 aromatic rings. The molecule has 102 valence electrons. The van der Waals surface area contributed by atoms with E-state index in [4.69, 9.17) is 10.2 Å². The predicted molar refractivity (Wildman–Crippen MR) is 64.7 cm³/mol. The number of aliphatic hydroxyl groups is 2. The maximum Gasteiger partial charge on any atom is 0.279 e. The number of rotatable bonds is 6. The fourth-order valence-electron chi connectivity index (χ4n) is 2.01. The van der Waals surface area contributed by atoms with E-state index in [9.17, 15) is 8.42 Å². The van der Waals surface area contributed by atoms with Crippen LogP contribution in [0.2, 0.25) is 0 Å². The predicted octanol–water partition coefficient (Wildman–Crippen LogP) is -0.561. The highest BCUT2D eigenvalue weighted by atomic mass is 32.2. The Hall–Kier alpha value is -0.210. The van der Waals surface area contributed by atoms with Gasteiger partial charge < -0.3 is 10.2 Å². The Morgan fingerprint density at radius 2 is 1.94 bits per heavy atom. The molecule has 1 fully saturated rings. The maximum atomic E-state index is 11.9. The molecular weight excluding hydrogens is 244 g/mol. The van der Waals surface area contributed by atoms with E-state index in [1.54, 1.807) is 7.05 Å². The van der Waals surface area contributed by atoms with Gasteiger partial charge in [0.2, 0.25) is 0 Å². The third-order valence-electron chi connectivity index (χ3n) is 3.18. The summed E-state index contributed by atoms with van der Waals surface area (Å²) in [5.41, 5.74) is 0. The molecule has 0 amide bonds. The van der Waals surface area contributed by atoms with Crippen LogP contribution in [0.15, 0.2) is 0 Å². The summed E-state index contributed by atoms with van der Waals surface area (Å²) in [6.45, 7) is -0.606. The van der Waals surface area contributed by atoms with Gasteiger partial charge in [-0.25, -0.2) is 0 Å². The van der Waals surface area contributed by atoms with Crippen LogP contribution in [0.1, 0.15) is 32.1 Å². The van der Waals surface area contributed by atoms with Gasteiger partial charge in [0, 0.05) is 19.6 Å². The van der Waals surface area contributed by atoms with Gasteiger partial charge in [0.05, 0.1) is 12.7 Å². The molecule has 0 aliphatic heterocycles. The Kier molecular flexibility index (Phi) is 5.81. The van der Waals surface area contributed by atoms with Gasteiger partial charge in [-0.1, -0.05) is 19.3 Å². The molecule has 1 unspecified atom stereocenters. The van der Waals surface area contributed by atoms with Crippen molar-refractivity contribution in [2.24, 2.45) is 0 Å². The molecule has 0 radical (unpaired) electrons. The summed E-state index contributed by atoms with van der Waals surface area (Å²) in [7, 11) is -1.99. The molecule has 1 aliphatic carbocycles. The second-order valence-electron chi connectivity index (χ2n) is 4.50. The standard InChI is InChI=1S/C10H22N2O4S/c1-12(9-5-3-2-4-6-9)17(15,16)11-7-10(14)8-13/h9-11,13-14H,2-8H2,1H3. The number of hydrogen-bond donors (Lipinski definition) is 3. The Bertz CT molecular complexity index is 314. The molecule has 0 aromatic carbocycles. The molecule has 0 bridgehead atoms. The lowest BCUT2D eigenvalue weighted by Crippen LogP contribution is -2.47. The Morgan fingerprint density at radius 3 is 2.47 bits per heavy atom. The summed E-state index contributed by atoms with van der Waals surface area (Å²) in [4.78, 5) is 0. The highest BCUT2D eigenvalue weighted by Crippen LogP contribution is 2.22. The van der Waals surface area contributed by atoms with E-state index >= 15 is 0 Å². The van der Waals surface area contributed by atoms with Crippen molar-refractivity contribution in [3.05, 3.63) is 0 Å². The van der Waals surface area contributed by atoms with Crippen LogP contribution < -0.4 is 4.72 Å². The third-order valence-corrected chi connectivity index (χ3v) is 4.77. The topological polar surface area (TPSA) is 89.9 Å². The fraction of sp³-hybridized carbons (Fsp3) is 1.00. The molecule has 1 rings (SSSR count). The van der Waals surface area contributed by atoms with Gasteiger partial charge in [-0.05, 0) is 12.8 Å². The van der Waals surface area contributed by atoms with Crippen molar-refractivity contribution >= 4 is 10.2 Å². The average Bonchev–Trinajstić information content (AvgIpc) is 2.36. The molecule has 0 aromatic heterocycles. The lowest BCUT2D eigenvalue weighted by Gasteiger charge is -2.30. The Balaban J connectivity index is 2.50. The number of nitrogens with zero attached hydrogens (tertiary/aromatic N) is 1. The van der Waals surface area contributed by atoms with Crippen LogP contribution in [0.4, 0.5) is 0 Å². The van der Waals surface area contributed by atoms with Crippen molar-refractivity contribution in [1.29, 1.82) is 0 Å². The lowest BCUT2D eigenvalue weighted by atomic mass is 9.96. The van der Waals surface area contributed by atoms with Gasteiger partial charge in [0.25, 0.3) is 10.2 Å². The smallest absolute Gasteiger partial charge is 0.279 e. The minimum atomic E-state index is -3.55. The first-order chi connectivity index (χ1) is 7.97. The Labute approximate surface area is 103 Å². The number of aliphatic hydroxyl groups excluding tert-OH is 2. The van der Waals surface area contributed by atoms with Crippen LogP contribution in [-0.2, 0) is 10.2 Å². The van der Waals surface area contributed by atoms with Gasteiger partial charge in [-0.15, -0.1) is 0 Å². The highest BCUT2D eigenvalue weighted by molar-refractivity contribution is 7.87. The van der Waals surface area contributed by atoms with E-state index < -0.39 is 22.9 Å². The molecule has 0 saturated heterocycles.